The molecule has 1 aliphatic heterocycles. The lowest BCUT2D eigenvalue weighted by Gasteiger charge is -2.17. The number of hydrogen-bond acceptors (Lipinski definition) is 2. The Hall–Kier alpha value is -0.710. The van der Waals surface area contributed by atoms with Crippen molar-refractivity contribution in [3.63, 3.8) is 0 Å². The van der Waals surface area contributed by atoms with Crippen LogP contribution in [0.25, 0.3) is 0 Å². The highest BCUT2D eigenvalue weighted by molar-refractivity contribution is 14.1. The zero-order chi connectivity index (χ0) is 9.10. The maximum atomic E-state index is 5.60. The van der Waals surface area contributed by atoms with Crippen LogP contribution in [0.1, 0.15) is 6.42 Å². The number of halogens is 1. The Labute approximate surface area is 90.7 Å². The van der Waals surface area contributed by atoms with E-state index in [1.54, 1.807) is 6.26 Å². The molecule has 1 aliphatic rings. The molecule has 1 aromatic carbocycles. The predicted octanol–water partition coefficient (Wildman–Crippen LogP) is 3.12. The zero-order valence-electron chi connectivity index (χ0n) is 7.00. The number of ether oxygens (including phenoxy) is 2. The van der Waals surface area contributed by atoms with Gasteiger partial charge in [0, 0.05) is 10.8 Å². The van der Waals surface area contributed by atoms with Crippen LogP contribution in [-0.4, -0.2) is 4.43 Å². The molecule has 2 rings (SSSR count). The highest BCUT2D eigenvalue weighted by Gasteiger charge is 2.11. The van der Waals surface area contributed by atoms with E-state index in [1.807, 2.05) is 24.3 Å². The van der Waals surface area contributed by atoms with E-state index in [1.165, 1.54) is 0 Å². The van der Waals surface area contributed by atoms with Crippen LogP contribution in [0.4, 0.5) is 0 Å². The summed E-state index contributed by atoms with van der Waals surface area (Å²) in [6, 6.07) is 7.68. The van der Waals surface area contributed by atoms with E-state index in [2.05, 4.69) is 22.6 Å². The standard InChI is InChI=1S/C10H9IO2/c11-6-5-8-7-12-9-3-1-2-4-10(9)13-8/h1-4,7H,5-6H2. The summed E-state index contributed by atoms with van der Waals surface area (Å²) in [5, 5.41) is 0. The van der Waals surface area contributed by atoms with Gasteiger partial charge in [-0.15, -0.1) is 0 Å². The molecule has 1 aromatic rings. The van der Waals surface area contributed by atoms with Gasteiger partial charge in [0.1, 0.15) is 12.0 Å². The Morgan fingerprint density at radius 1 is 1.15 bits per heavy atom. The summed E-state index contributed by atoms with van der Waals surface area (Å²) in [7, 11) is 0. The summed E-state index contributed by atoms with van der Waals surface area (Å²) >= 11 is 2.31. The molecule has 0 radical (unpaired) electrons. The molecular formula is C10H9IO2. The SMILES string of the molecule is ICCC1=COc2ccccc2O1. The highest BCUT2D eigenvalue weighted by Crippen LogP contribution is 2.32. The van der Waals surface area contributed by atoms with Gasteiger partial charge in [0.2, 0.25) is 0 Å². The minimum atomic E-state index is 0.791. The van der Waals surface area contributed by atoms with Crippen LogP contribution in [-0.2, 0) is 0 Å². The van der Waals surface area contributed by atoms with Crippen LogP contribution >= 0.6 is 22.6 Å². The summed E-state index contributed by atoms with van der Waals surface area (Å²) in [6.07, 6.45) is 2.59. The lowest BCUT2D eigenvalue weighted by molar-refractivity contribution is 0.317. The first-order valence-electron chi connectivity index (χ1n) is 4.08. The number of hydrogen-bond donors (Lipinski definition) is 0. The fraction of sp³-hybridized carbons (Fsp3) is 0.200. The Morgan fingerprint density at radius 2 is 1.92 bits per heavy atom. The normalized spacial score (nSPS) is 13.8. The van der Waals surface area contributed by atoms with Gasteiger partial charge in [0.15, 0.2) is 11.5 Å². The van der Waals surface area contributed by atoms with Gasteiger partial charge in [0.25, 0.3) is 0 Å². The molecule has 2 nitrogen and oxygen atoms in total. The van der Waals surface area contributed by atoms with E-state index in [9.17, 15) is 0 Å². The molecule has 0 N–H and O–H groups in total. The van der Waals surface area contributed by atoms with Crippen molar-refractivity contribution in [3.05, 3.63) is 36.3 Å². The van der Waals surface area contributed by atoms with Gasteiger partial charge >= 0.3 is 0 Å². The van der Waals surface area contributed by atoms with E-state index < -0.39 is 0 Å². The van der Waals surface area contributed by atoms with Crippen molar-refractivity contribution < 1.29 is 9.47 Å². The molecule has 0 unspecified atom stereocenters. The van der Waals surface area contributed by atoms with E-state index in [0.29, 0.717) is 0 Å². The minimum Gasteiger partial charge on any atom is -0.458 e. The predicted molar refractivity (Wildman–Crippen MR) is 59.3 cm³/mol. The van der Waals surface area contributed by atoms with Crippen LogP contribution in [0.3, 0.4) is 0 Å². The molecule has 1 heterocycles. The summed E-state index contributed by atoms with van der Waals surface area (Å²) < 4.78 is 12.0. The van der Waals surface area contributed by atoms with Gasteiger partial charge in [-0.3, -0.25) is 0 Å². The third-order valence-electron chi connectivity index (χ3n) is 1.75. The third kappa shape index (κ3) is 1.96. The maximum absolute atomic E-state index is 5.60. The van der Waals surface area contributed by atoms with Crippen molar-refractivity contribution in [2.45, 2.75) is 6.42 Å². The highest BCUT2D eigenvalue weighted by atomic mass is 127. The summed E-state index contributed by atoms with van der Waals surface area (Å²) in [5.74, 6) is 2.50. The topological polar surface area (TPSA) is 18.5 Å². The van der Waals surface area contributed by atoms with Crippen molar-refractivity contribution in [1.29, 1.82) is 0 Å². The molecule has 13 heavy (non-hydrogen) atoms. The molecule has 0 aromatic heterocycles. The van der Waals surface area contributed by atoms with E-state index >= 15 is 0 Å². The number of benzene rings is 1. The molecule has 3 heteroatoms. The molecule has 68 valence electrons. The monoisotopic (exact) mass is 288 g/mol. The number of para-hydroxylation sites is 2. The molecule has 0 spiro atoms. The molecule has 0 saturated heterocycles. The van der Waals surface area contributed by atoms with E-state index in [-0.39, 0.29) is 0 Å². The lowest BCUT2D eigenvalue weighted by Crippen LogP contribution is -2.04. The second-order valence-electron chi connectivity index (χ2n) is 2.69. The fourth-order valence-electron chi connectivity index (χ4n) is 1.13. The van der Waals surface area contributed by atoms with Crippen molar-refractivity contribution in [1.82, 2.24) is 0 Å². The van der Waals surface area contributed by atoms with Gasteiger partial charge < -0.3 is 9.47 Å². The third-order valence-corrected chi connectivity index (χ3v) is 2.29. The van der Waals surface area contributed by atoms with E-state index in [0.717, 1.165) is 28.1 Å². The number of alkyl halides is 1. The van der Waals surface area contributed by atoms with Gasteiger partial charge in [-0.05, 0) is 12.1 Å². The largest absolute Gasteiger partial charge is 0.458 e. The van der Waals surface area contributed by atoms with Crippen LogP contribution in [0.15, 0.2) is 36.3 Å². The smallest absolute Gasteiger partial charge is 0.169 e. The van der Waals surface area contributed by atoms with Crippen molar-refractivity contribution in [2.24, 2.45) is 0 Å². The first-order chi connectivity index (χ1) is 6.40. The van der Waals surface area contributed by atoms with Crippen molar-refractivity contribution in [2.75, 3.05) is 4.43 Å². The second-order valence-corrected chi connectivity index (χ2v) is 3.77. The fourth-order valence-corrected chi connectivity index (χ4v) is 1.66. The Kier molecular flexibility index (Phi) is 2.73. The first kappa shape index (κ1) is 8.87. The number of allylic oxidation sites excluding steroid dienone is 1. The van der Waals surface area contributed by atoms with Crippen molar-refractivity contribution >= 4 is 22.6 Å². The van der Waals surface area contributed by atoms with Crippen LogP contribution < -0.4 is 9.47 Å². The van der Waals surface area contributed by atoms with Crippen LogP contribution in [0.5, 0.6) is 11.5 Å². The molecule has 0 bridgehead atoms. The van der Waals surface area contributed by atoms with E-state index in [4.69, 9.17) is 9.47 Å². The Balaban J connectivity index is 2.18. The lowest BCUT2D eigenvalue weighted by atomic mass is 10.3. The molecule has 0 atom stereocenters. The van der Waals surface area contributed by atoms with Crippen LogP contribution in [0, 0.1) is 0 Å². The summed E-state index contributed by atoms with van der Waals surface area (Å²) in [4.78, 5) is 0. The average molecular weight is 288 g/mol. The van der Waals surface area contributed by atoms with Gasteiger partial charge in [0.05, 0.1) is 0 Å². The Bertz CT molecular complexity index is 333. The number of rotatable bonds is 2. The maximum Gasteiger partial charge on any atom is 0.169 e. The molecular weight excluding hydrogens is 279 g/mol. The van der Waals surface area contributed by atoms with Gasteiger partial charge in [-0.2, -0.15) is 0 Å². The molecule has 0 saturated carbocycles. The van der Waals surface area contributed by atoms with Crippen molar-refractivity contribution in [3.8, 4) is 11.5 Å². The van der Waals surface area contributed by atoms with Gasteiger partial charge in [-0.25, -0.2) is 0 Å². The molecule has 0 amide bonds. The summed E-state index contributed by atoms with van der Waals surface area (Å²) in [5.41, 5.74) is 0. The first-order valence-corrected chi connectivity index (χ1v) is 5.61. The Morgan fingerprint density at radius 3 is 2.69 bits per heavy atom. The zero-order valence-corrected chi connectivity index (χ0v) is 9.15. The number of fused-ring (bicyclic) bond motifs is 1. The summed E-state index contributed by atoms with van der Waals surface area (Å²) in [6.45, 7) is 0. The quantitative estimate of drug-likeness (QED) is 0.615. The molecule has 0 aliphatic carbocycles. The second kappa shape index (κ2) is 4.00. The van der Waals surface area contributed by atoms with Crippen LogP contribution in [0.2, 0.25) is 0 Å². The minimum absolute atomic E-state index is 0.791. The average Bonchev–Trinajstić information content (AvgIpc) is 2.18. The molecule has 0 fully saturated rings. The van der Waals surface area contributed by atoms with Gasteiger partial charge in [-0.1, -0.05) is 34.7 Å².